The highest BCUT2D eigenvalue weighted by atomic mass is 16.5. The number of benzene rings is 2. The minimum Gasteiger partial charge on any atom is -0.495 e. The van der Waals surface area contributed by atoms with Gasteiger partial charge in [-0.1, -0.05) is 25.1 Å². The quantitative estimate of drug-likeness (QED) is 0.854. The smallest absolute Gasteiger partial charge is 0.265 e. The molecule has 0 fully saturated rings. The molecule has 0 aliphatic rings. The number of ether oxygens (including phenoxy) is 2. The van der Waals surface area contributed by atoms with Gasteiger partial charge in [0.1, 0.15) is 11.5 Å². The molecular formula is C20H25NO3. The lowest BCUT2D eigenvalue weighted by molar-refractivity contribution is -0.122. The minimum absolute atomic E-state index is 0.178. The first-order valence-corrected chi connectivity index (χ1v) is 8.14. The Bertz CT molecular complexity index is 725. The van der Waals surface area contributed by atoms with Crippen molar-refractivity contribution in [2.24, 2.45) is 0 Å². The Hall–Kier alpha value is -2.49. The number of rotatable bonds is 6. The lowest BCUT2D eigenvalue weighted by Gasteiger charge is -2.20. The van der Waals surface area contributed by atoms with E-state index in [2.05, 4.69) is 5.32 Å². The summed E-state index contributed by atoms with van der Waals surface area (Å²) in [4.78, 5) is 12.6. The Labute approximate surface area is 143 Å². The first-order chi connectivity index (χ1) is 11.5. The molecule has 1 amide bonds. The number of anilines is 1. The van der Waals surface area contributed by atoms with E-state index in [1.807, 2.05) is 64.1 Å². The molecular weight excluding hydrogens is 302 g/mol. The third kappa shape index (κ3) is 4.07. The van der Waals surface area contributed by atoms with Crippen LogP contribution in [0.3, 0.4) is 0 Å². The molecule has 0 unspecified atom stereocenters. The minimum atomic E-state index is -0.560. The van der Waals surface area contributed by atoms with Gasteiger partial charge in [0.25, 0.3) is 5.91 Å². The molecule has 2 rings (SSSR count). The van der Waals surface area contributed by atoms with E-state index >= 15 is 0 Å². The fourth-order valence-electron chi connectivity index (χ4n) is 2.46. The van der Waals surface area contributed by atoms with Crippen LogP contribution in [0.5, 0.6) is 11.5 Å². The van der Waals surface area contributed by atoms with Crippen LogP contribution in [0, 0.1) is 20.8 Å². The normalized spacial score (nSPS) is 11.7. The molecule has 0 spiro atoms. The molecule has 0 aliphatic heterocycles. The van der Waals surface area contributed by atoms with Crippen LogP contribution in [0.25, 0.3) is 0 Å². The first kappa shape index (κ1) is 17.9. The fraction of sp³-hybridized carbons (Fsp3) is 0.350. The first-order valence-electron chi connectivity index (χ1n) is 8.14. The van der Waals surface area contributed by atoms with Gasteiger partial charge in [-0.3, -0.25) is 4.79 Å². The summed E-state index contributed by atoms with van der Waals surface area (Å²) in [5, 5.41) is 2.92. The van der Waals surface area contributed by atoms with Crippen molar-refractivity contribution in [3.8, 4) is 11.5 Å². The Kier molecular flexibility index (Phi) is 5.85. The zero-order valence-corrected chi connectivity index (χ0v) is 15.0. The number of carbonyl (C=O) groups excluding carboxylic acids is 1. The highest BCUT2D eigenvalue weighted by molar-refractivity contribution is 5.95. The van der Waals surface area contributed by atoms with Gasteiger partial charge in [0.05, 0.1) is 12.8 Å². The van der Waals surface area contributed by atoms with Gasteiger partial charge in [-0.15, -0.1) is 0 Å². The van der Waals surface area contributed by atoms with Gasteiger partial charge < -0.3 is 14.8 Å². The monoisotopic (exact) mass is 327 g/mol. The molecule has 128 valence electrons. The molecule has 4 nitrogen and oxygen atoms in total. The maximum absolute atomic E-state index is 12.6. The second kappa shape index (κ2) is 7.86. The Morgan fingerprint density at radius 3 is 2.54 bits per heavy atom. The van der Waals surface area contributed by atoms with Gasteiger partial charge in [-0.05, 0) is 62.1 Å². The van der Waals surface area contributed by atoms with Gasteiger partial charge in [0.15, 0.2) is 6.10 Å². The van der Waals surface area contributed by atoms with Crippen molar-refractivity contribution in [1.82, 2.24) is 0 Å². The predicted molar refractivity (Wildman–Crippen MR) is 97.0 cm³/mol. The maximum Gasteiger partial charge on any atom is 0.265 e. The van der Waals surface area contributed by atoms with E-state index in [0.29, 0.717) is 17.9 Å². The van der Waals surface area contributed by atoms with E-state index in [1.165, 1.54) is 0 Å². The maximum atomic E-state index is 12.6. The fourth-order valence-corrected chi connectivity index (χ4v) is 2.46. The van der Waals surface area contributed by atoms with E-state index in [4.69, 9.17) is 9.47 Å². The van der Waals surface area contributed by atoms with Gasteiger partial charge in [0.2, 0.25) is 0 Å². The van der Waals surface area contributed by atoms with Crippen LogP contribution in [0.15, 0.2) is 36.4 Å². The van der Waals surface area contributed by atoms with E-state index in [1.54, 1.807) is 7.11 Å². The molecule has 0 aromatic heterocycles. The van der Waals surface area contributed by atoms with Gasteiger partial charge in [0, 0.05) is 0 Å². The molecule has 2 aromatic rings. The van der Waals surface area contributed by atoms with Crippen LogP contribution in [0.1, 0.15) is 30.0 Å². The Morgan fingerprint density at radius 2 is 1.88 bits per heavy atom. The summed E-state index contributed by atoms with van der Waals surface area (Å²) < 4.78 is 11.3. The van der Waals surface area contributed by atoms with E-state index in [9.17, 15) is 4.79 Å². The van der Waals surface area contributed by atoms with Crippen molar-refractivity contribution in [2.45, 2.75) is 40.2 Å². The van der Waals surface area contributed by atoms with Crippen molar-refractivity contribution in [1.29, 1.82) is 0 Å². The topological polar surface area (TPSA) is 47.6 Å². The molecule has 0 bridgehead atoms. The van der Waals surface area contributed by atoms with Gasteiger partial charge in [-0.25, -0.2) is 0 Å². The molecule has 24 heavy (non-hydrogen) atoms. The number of amides is 1. The molecule has 2 aromatic carbocycles. The third-order valence-electron chi connectivity index (χ3n) is 4.10. The molecule has 0 aliphatic carbocycles. The summed E-state index contributed by atoms with van der Waals surface area (Å²) in [6, 6.07) is 11.5. The summed E-state index contributed by atoms with van der Waals surface area (Å²) in [6.45, 7) is 7.93. The van der Waals surface area contributed by atoms with Crippen LogP contribution in [-0.4, -0.2) is 19.1 Å². The van der Waals surface area contributed by atoms with Crippen molar-refractivity contribution in [3.05, 3.63) is 53.1 Å². The summed E-state index contributed by atoms with van der Waals surface area (Å²) in [5.41, 5.74) is 3.90. The summed E-state index contributed by atoms with van der Waals surface area (Å²) in [7, 11) is 1.59. The van der Waals surface area contributed by atoms with E-state index < -0.39 is 6.10 Å². The summed E-state index contributed by atoms with van der Waals surface area (Å²) in [6.07, 6.45) is 0.0172. The van der Waals surface area contributed by atoms with Crippen LogP contribution in [-0.2, 0) is 4.79 Å². The zero-order valence-electron chi connectivity index (χ0n) is 15.0. The van der Waals surface area contributed by atoms with Gasteiger partial charge in [-0.2, -0.15) is 0 Å². The summed E-state index contributed by atoms with van der Waals surface area (Å²) in [5.74, 6) is 1.20. The van der Waals surface area contributed by atoms with Crippen LogP contribution < -0.4 is 14.8 Å². The number of methoxy groups -OCH3 is 1. The van der Waals surface area contributed by atoms with Crippen molar-refractivity contribution in [2.75, 3.05) is 12.4 Å². The number of carbonyl (C=O) groups is 1. The second-order valence-corrected chi connectivity index (χ2v) is 5.91. The lowest BCUT2D eigenvalue weighted by atomic mass is 10.1. The second-order valence-electron chi connectivity index (χ2n) is 5.91. The molecule has 1 N–H and O–H groups in total. The Morgan fingerprint density at radius 1 is 1.12 bits per heavy atom. The molecule has 0 heterocycles. The number of aryl methyl sites for hydroxylation is 2. The third-order valence-corrected chi connectivity index (χ3v) is 4.10. The Balaban J connectivity index is 2.17. The highest BCUT2D eigenvalue weighted by Crippen LogP contribution is 2.27. The largest absolute Gasteiger partial charge is 0.495 e. The van der Waals surface area contributed by atoms with Crippen LogP contribution in [0.4, 0.5) is 5.69 Å². The molecule has 0 saturated heterocycles. The van der Waals surface area contributed by atoms with Crippen molar-refractivity contribution >= 4 is 11.6 Å². The average Bonchev–Trinajstić information content (AvgIpc) is 2.56. The number of nitrogens with one attached hydrogen (secondary N) is 1. The standard InChI is InChI=1S/C20H25NO3/c1-6-17(24-18-9-7-8-14(3)15(18)4)20(22)21-16-12-13(2)10-11-19(16)23-5/h7-12,17H,6H2,1-5H3,(H,21,22)/t17-/m1/s1. The van der Waals surface area contributed by atoms with Crippen LogP contribution >= 0.6 is 0 Å². The molecule has 0 radical (unpaired) electrons. The van der Waals surface area contributed by atoms with Gasteiger partial charge >= 0.3 is 0 Å². The molecule has 1 atom stereocenters. The molecule has 4 heteroatoms. The SMILES string of the molecule is CC[C@@H](Oc1cccc(C)c1C)C(=O)Nc1cc(C)ccc1OC. The number of hydrogen-bond acceptors (Lipinski definition) is 3. The average molecular weight is 327 g/mol. The lowest BCUT2D eigenvalue weighted by Crippen LogP contribution is -2.32. The predicted octanol–water partition coefficient (Wildman–Crippen LogP) is 4.42. The van der Waals surface area contributed by atoms with Crippen molar-refractivity contribution in [3.63, 3.8) is 0 Å². The molecule has 0 saturated carbocycles. The number of hydrogen-bond donors (Lipinski definition) is 1. The summed E-state index contributed by atoms with van der Waals surface area (Å²) >= 11 is 0. The highest BCUT2D eigenvalue weighted by Gasteiger charge is 2.21. The van der Waals surface area contributed by atoms with E-state index in [0.717, 1.165) is 22.4 Å². The van der Waals surface area contributed by atoms with Crippen molar-refractivity contribution < 1.29 is 14.3 Å². The van der Waals surface area contributed by atoms with Crippen LogP contribution in [0.2, 0.25) is 0 Å². The van der Waals surface area contributed by atoms with E-state index in [-0.39, 0.29) is 5.91 Å². The zero-order chi connectivity index (χ0) is 17.7.